The molecule has 2 aliphatic heterocycles. The standard InChI is InChI=1S/C13H17NO2/c15-12-5-3-4-10-11(6-9-16-13(10)12)14-7-1-2-8-14/h3-5,11,15H,1-2,6-9H2. The number of benzene rings is 1. The summed E-state index contributed by atoms with van der Waals surface area (Å²) in [7, 11) is 0. The van der Waals surface area contributed by atoms with Gasteiger partial charge in [0.15, 0.2) is 11.5 Å². The number of hydrogen-bond donors (Lipinski definition) is 1. The van der Waals surface area contributed by atoms with Gasteiger partial charge in [0.25, 0.3) is 0 Å². The lowest BCUT2D eigenvalue weighted by Gasteiger charge is -2.33. The predicted molar refractivity (Wildman–Crippen MR) is 61.8 cm³/mol. The number of fused-ring (bicyclic) bond motifs is 1. The summed E-state index contributed by atoms with van der Waals surface area (Å²) in [5.41, 5.74) is 1.16. The summed E-state index contributed by atoms with van der Waals surface area (Å²) >= 11 is 0. The van der Waals surface area contributed by atoms with Crippen molar-refractivity contribution in [2.75, 3.05) is 19.7 Å². The van der Waals surface area contributed by atoms with Gasteiger partial charge in [0.1, 0.15) is 0 Å². The fourth-order valence-corrected chi connectivity index (χ4v) is 2.82. The van der Waals surface area contributed by atoms with Crippen molar-refractivity contribution in [2.45, 2.75) is 25.3 Å². The molecule has 3 heteroatoms. The van der Waals surface area contributed by atoms with E-state index >= 15 is 0 Å². The van der Waals surface area contributed by atoms with Crippen molar-refractivity contribution < 1.29 is 9.84 Å². The smallest absolute Gasteiger partial charge is 0.165 e. The van der Waals surface area contributed by atoms with Crippen LogP contribution in [0.3, 0.4) is 0 Å². The molecule has 0 spiro atoms. The van der Waals surface area contributed by atoms with E-state index in [1.807, 2.05) is 6.07 Å². The minimum Gasteiger partial charge on any atom is -0.504 e. The molecule has 1 saturated heterocycles. The van der Waals surface area contributed by atoms with Crippen LogP contribution in [0, 0.1) is 0 Å². The van der Waals surface area contributed by atoms with Gasteiger partial charge in [-0.3, -0.25) is 4.90 Å². The first-order valence-corrected chi connectivity index (χ1v) is 6.05. The molecule has 0 bridgehead atoms. The Morgan fingerprint density at radius 2 is 2.06 bits per heavy atom. The monoisotopic (exact) mass is 219 g/mol. The number of likely N-dealkylation sites (tertiary alicyclic amines) is 1. The van der Waals surface area contributed by atoms with Crippen LogP contribution < -0.4 is 4.74 Å². The Labute approximate surface area is 95.6 Å². The summed E-state index contributed by atoms with van der Waals surface area (Å²) in [5.74, 6) is 0.979. The number of ether oxygens (including phenoxy) is 1. The fraction of sp³-hybridized carbons (Fsp3) is 0.538. The molecule has 1 fully saturated rings. The zero-order valence-corrected chi connectivity index (χ0v) is 9.35. The van der Waals surface area contributed by atoms with Crippen molar-refractivity contribution in [3.8, 4) is 11.5 Å². The highest BCUT2D eigenvalue weighted by molar-refractivity contribution is 5.48. The minimum atomic E-state index is 0.279. The lowest BCUT2D eigenvalue weighted by Crippen LogP contribution is -2.30. The zero-order chi connectivity index (χ0) is 11.0. The third-order valence-corrected chi connectivity index (χ3v) is 3.60. The number of aromatic hydroxyl groups is 1. The lowest BCUT2D eigenvalue weighted by atomic mass is 9.99. The highest BCUT2D eigenvalue weighted by Gasteiger charge is 2.29. The summed E-state index contributed by atoms with van der Waals surface area (Å²) in [6.45, 7) is 3.07. The average Bonchev–Trinajstić information content (AvgIpc) is 2.82. The van der Waals surface area contributed by atoms with Crippen LogP contribution in [-0.4, -0.2) is 29.7 Å². The SMILES string of the molecule is Oc1cccc2c1OCCC2N1CCCC1. The van der Waals surface area contributed by atoms with Crippen LogP contribution in [0.15, 0.2) is 18.2 Å². The van der Waals surface area contributed by atoms with Gasteiger partial charge in [-0.2, -0.15) is 0 Å². The van der Waals surface area contributed by atoms with Gasteiger partial charge >= 0.3 is 0 Å². The van der Waals surface area contributed by atoms with Gasteiger partial charge in [0.2, 0.25) is 0 Å². The van der Waals surface area contributed by atoms with Crippen LogP contribution >= 0.6 is 0 Å². The summed E-state index contributed by atoms with van der Waals surface area (Å²) in [6.07, 6.45) is 3.63. The Balaban J connectivity index is 1.96. The molecule has 3 nitrogen and oxygen atoms in total. The second-order valence-electron chi connectivity index (χ2n) is 4.59. The van der Waals surface area contributed by atoms with Gasteiger partial charge in [-0.05, 0) is 32.0 Å². The van der Waals surface area contributed by atoms with E-state index in [2.05, 4.69) is 11.0 Å². The van der Waals surface area contributed by atoms with Crippen LogP contribution in [0.25, 0.3) is 0 Å². The average molecular weight is 219 g/mol. The first kappa shape index (κ1) is 9.97. The Bertz CT molecular complexity index is 386. The zero-order valence-electron chi connectivity index (χ0n) is 9.35. The third-order valence-electron chi connectivity index (χ3n) is 3.60. The normalized spacial score (nSPS) is 25.1. The Hall–Kier alpha value is -1.22. The number of hydrogen-bond acceptors (Lipinski definition) is 3. The molecule has 2 aliphatic rings. The Kier molecular flexibility index (Phi) is 2.48. The number of rotatable bonds is 1. The topological polar surface area (TPSA) is 32.7 Å². The van der Waals surface area contributed by atoms with Gasteiger partial charge in [-0.1, -0.05) is 12.1 Å². The van der Waals surface area contributed by atoms with E-state index in [-0.39, 0.29) is 5.75 Å². The number of nitrogens with zero attached hydrogens (tertiary/aromatic N) is 1. The molecule has 16 heavy (non-hydrogen) atoms. The van der Waals surface area contributed by atoms with Gasteiger partial charge in [-0.25, -0.2) is 0 Å². The first-order chi connectivity index (χ1) is 7.86. The largest absolute Gasteiger partial charge is 0.504 e. The highest BCUT2D eigenvalue weighted by atomic mass is 16.5. The Morgan fingerprint density at radius 3 is 2.88 bits per heavy atom. The van der Waals surface area contributed by atoms with Crippen molar-refractivity contribution >= 4 is 0 Å². The second kappa shape index (κ2) is 3.98. The summed E-state index contributed by atoms with van der Waals surface area (Å²) < 4.78 is 5.57. The van der Waals surface area contributed by atoms with Gasteiger partial charge < -0.3 is 9.84 Å². The molecule has 1 N–H and O–H groups in total. The summed E-state index contributed by atoms with van der Waals surface area (Å²) in [6, 6.07) is 6.13. The molecule has 1 aromatic carbocycles. The van der Waals surface area contributed by atoms with E-state index in [1.165, 1.54) is 25.9 Å². The summed E-state index contributed by atoms with van der Waals surface area (Å²) in [4.78, 5) is 2.51. The number of para-hydroxylation sites is 1. The predicted octanol–water partition coefficient (Wildman–Crippen LogP) is 2.31. The van der Waals surface area contributed by atoms with Gasteiger partial charge in [-0.15, -0.1) is 0 Å². The maximum atomic E-state index is 9.77. The molecule has 1 unspecified atom stereocenters. The molecular weight excluding hydrogens is 202 g/mol. The van der Waals surface area contributed by atoms with Crippen LogP contribution in [0.2, 0.25) is 0 Å². The maximum Gasteiger partial charge on any atom is 0.165 e. The van der Waals surface area contributed by atoms with Crippen molar-refractivity contribution in [3.63, 3.8) is 0 Å². The van der Waals surface area contributed by atoms with E-state index in [9.17, 15) is 5.11 Å². The molecule has 3 rings (SSSR count). The first-order valence-electron chi connectivity index (χ1n) is 6.05. The van der Waals surface area contributed by atoms with E-state index in [1.54, 1.807) is 6.07 Å². The van der Waals surface area contributed by atoms with Gasteiger partial charge in [0.05, 0.1) is 6.61 Å². The van der Waals surface area contributed by atoms with Crippen molar-refractivity contribution in [1.82, 2.24) is 4.90 Å². The third kappa shape index (κ3) is 1.55. The number of phenols is 1. The quantitative estimate of drug-likeness (QED) is 0.786. The van der Waals surface area contributed by atoms with Crippen LogP contribution in [0.4, 0.5) is 0 Å². The van der Waals surface area contributed by atoms with Crippen LogP contribution in [0.5, 0.6) is 11.5 Å². The minimum absolute atomic E-state index is 0.279. The van der Waals surface area contributed by atoms with Crippen molar-refractivity contribution in [3.05, 3.63) is 23.8 Å². The molecule has 0 saturated carbocycles. The van der Waals surface area contributed by atoms with Crippen LogP contribution in [0.1, 0.15) is 30.9 Å². The fourth-order valence-electron chi connectivity index (χ4n) is 2.82. The molecule has 1 aromatic rings. The van der Waals surface area contributed by atoms with Crippen molar-refractivity contribution in [1.29, 1.82) is 0 Å². The molecule has 0 aliphatic carbocycles. The molecule has 1 atom stereocenters. The summed E-state index contributed by atoms with van der Waals surface area (Å²) in [5, 5.41) is 9.77. The molecular formula is C13H17NO2. The molecule has 2 heterocycles. The van der Waals surface area contributed by atoms with Gasteiger partial charge in [0, 0.05) is 18.0 Å². The lowest BCUT2D eigenvalue weighted by molar-refractivity contribution is 0.162. The van der Waals surface area contributed by atoms with E-state index < -0.39 is 0 Å². The molecule has 0 radical (unpaired) electrons. The highest BCUT2D eigenvalue weighted by Crippen LogP contribution is 2.41. The Morgan fingerprint density at radius 1 is 1.25 bits per heavy atom. The second-order valence-corrected chi connectivity index (χ2v) is 4.59. The van der Waals surface area contributed by atoms with E-state index in [0.29, 0.717) is 18.4 Å². The number of phenolic OH excluding ortho intramolecular Hbond substituents is 1. The van der Waals surface area contributed by atoms with Crippen molar-refractivity contribution in [2.24, 2.45) is 0 Å². The molecule has 0 amide bonds. The molecule has 0 aromatic heterocycles. The van der Waals surface area contributed by atoms with E-state index in [4.69, 9.17) is 4.74 Å². The maximum absolute atomic E-state index is 9.77. The molecule has 86 valence electrons. The van der Waals surface area contributed by atoms with Crippen LogP contribution in [-0.2, 0) is 0 Å². The van der Waals surface area contributed by atoms with E-state index in [0.717, 1.165) is 12.0 Å².